The summed E-state index contributed by atoms with van der Waals surface area (Å²) in [5.74, 6) is 1.41. The molecular weight excluding hydrogens is 468 g/mol. The third-order valence-corrected chi connectivity index (χ3v) is 6.68. The van der Waals surface area contributed by atoms with Crippen molar-refractivity contribution in [1.82, 2.24) is 39.3 Å². The number of nitrogens with zero attached hydrogens (tertiary/aromatic N) is 7. The predicted octanol–water partition coefficient (Wildman–Crippen LogP) is 3.79. The van der Waals surface area contributed by atoms with Crippen molar-refractivity contribution in [2.24, 2.45) is 0 Å². The van der Waals surface area contributed by atoms with Crippen LogP contribution in [0.3, 0.4) is 0 Å². The Balaban J connectivity index is 1.44. The summed E-state index contributed by atoms with van der Waals surface area (Å²) in [6.45, 7) is 0. The zero-order valence-electron chi connectivity index (χ0n) is 17.5. The quantitative estimate of drug-likeness (QED) is 0.283. The molecule has 0 aliphatic heterocycles. The molecule has 0 saturated heterocycles. The highest BCUT2D eigenvalue weighted by molar-refractivity contribution is 7.98. The number of pyridine rings is 1. The van der Waals surface area contributed by atoms with Gasteiger partial charge in [0.2, 0.25) is 11.1 Å². The number of thiol groups is 1. The minimum absolute atomic E-state index is 0.283. The van der Waals surface area contributed by atoms with Crippen molar-refractivity contribution in [2.75, 3.05) is 0 Å². The van der Waals surface area contributed by atoms with E-state index in [1.54, 1.807) is 16.8 Å². The van der Waals surface area contributed by atoms with Crippen molar-refractivity contribution >= 4 is 41.1 Å². The van der Waals surface area contributed by atoms with Crippen molar-refractivity contribution in [3.05, 3.63) is 89.1 Å². The van der Waals surface area contributed by atoms with Gasteiger partial charge in [0.15, 0.2) is 0 Å². The molecule has 166 valence electrons. The van der Waals surface area contributed by atoms with Crippen LogP contribution in [0.25, 0.3) is 33.9 Å². The maximum atomic E-state index is 13.7. The number of aromatic amines is 1. The number of nitrogens with one attached hydrogen (secondary N) is 1. The van der Waals surface area contributed by atoms with Gasteiger partial charge >= 0.3 is 0 Å². The lowest BCUT2D eigenvalue weighted by Gasteiger charge is -2.10. The van der Waals surface area contributed by atoms with E-state index in [0.717, 1.165) is 16.0 Å². The number of H-pyrrole nitrogens is 1. The first-order chi connectivity index (χ1) is 16.7. The molecule has 0 atom stereocenters. The Hall–Kier alpha value is -3.96. The fraction of sp³-hybridized carbons (Fsp3) is 0.0435. The van der Waals surface area contributed by atoms with E-state index in [9.17, 15) is 4.79 Å². The van der Waals surface area contributed by atoms with Gasteiger partial charge in [0.05, 0.1) is 16.6 Å². The molecule has 0 aliphatic carbocycles. The van der Waals surface area contributed by atoms with Gasteiger partial charge in [0, 0.05) is 22.4 Å². The molecular formula is C23H16N8OS2. The highest BCUT2D eigenvalue weighted by Crippen LogP contribution is 2.27. The van der Waals surface area contributed by atoms with E-state index in [1.165, 1.54) is 22.7 Å². The molecule has 6 rings (SSSR count). The summed E-state index contributed by atoms with van der Waals surface area (Å²) >= 11 is 5.95. The third-order valence-electron chi connectivity index (χ3n) is 5.35. The molecule has 0 unspecified atom stereocenters. The van der Waals surface area contributed by atoms with E-state index >= 15 is 0 Å². The van der Waals surface area contributed by atoms with Gasteiger partial charge in [-0.05, 0) is 17.7 Å². The van der Waals surface area contributed by atoms with Gasteiger partial charge in [0.1, 0.15) is 6.33 Å². The van der Waals surface area contributed by atoms with Gasteiger partial charge in [0.25, 0.3) is 11.3 Å². The summed E-state index contributed by atoms with van der Waals surface area (Å²) in [7, 11) is 0. The van der Waals surface area contributed by atoms with Crippen LogP contribution in [0.15, 0.2) is 88.0 Å². The number of hydrogen-bond donors (Lipinski definition) is 2. The molecule has 11 heteroatoms. The largest absolute Gasteiger partial charge is 0.269 e. The highest BCUT2D eigenvalue weighted by Gasteiger charge is 2.18. The van der Waals surface area contributed by atoms with E-state index in [-0.39, 0.29) is 5.56 Å². The molecule has 2 aromatic carbocycles. The fourth-order valence-corrected chi connectivity index (χ4v) is 4.88. The van der Waals surface area contributed by atoms with Crippen LogP contribution in [0.5, 0.6) is 0 Å². The Morgan fingerprint density at radius 3 is 2.68 bits per heavy atom. The van der Waals surface area contributed by atoms with E-state index < -0.39 is 0 Å². The molecule has 0 bridgehead atoms. The second kappa shape index (κ2) is 8.43. The molecule has 0 fully saturated rings. The van der Waals surface area contributed by atoms with Crippen LogP contribution in [0.2, 0.25) is 0 Å². The molecule has 6 aromatic rings. The number of hydrogen-bond acceptors (Lipinski definition) is 8. The van der Waals surface area contributed by atoms with Gasteiger partial charge in [-0.1, -0.05) is 60.3 Å². The van der Waals surface area contributed by atoms with Gasteiger partial charge in [-0.2, -0.15) is 19.6 Å². The Bertz CT molecular complexity index is 1710. The van der Waals surface area contributed by atoms with Crippen LogP contribution in [-0.4, -0.2) is 39.3 Å². The first-order valence-corrected chi connectivity index (χ1v) is 11.8. The van der Waals surface area contributed by atoms with Crippen LogP contribution in [0.1, 0.15) is 5.56 Å². The van der Waals surface area contributed by atoms with Crippen LogP contribution < -0.4 is 5.56 Å². The second-order valence-corrected chi connectivity index (χ2v) is 8.83. The molecule has 0 radical (unpaired) electrons. The maximum absolute atomic E-state index is 13.7. The van der Waals surface area contributed by atoms with Crippen LogP contribution in [0.4, 0.5) is 0 Å². The van der Waals surface area contributed by atoms with E-state index in [0.29, 0.717) is 39.2 Å². The lowest BCUT2D eigenvalue weighted by Crippen LogP contribution is -2.21. The predicted molar refractivity (Wildman–Crippen MR) is 133 cm³/mol. The minimum Gasteiger partial charge on any atom is -0.268 e. The number of thioether (sulfide) groups is 1. The van der Waals surface area contributed by atoms with Crippen LogP contribution >= 0.6 is 24.4 Å². The fourth-order valence-electron chi connectivity index (χ4n) is 3.74. The Morgan fingerprint density at radius 1 is 1.00 bits per heavy atom. The van der Waals surface area contributed by atoms with Gasteiger partial charge in [-0.25, -0.2) is 10.1 Å². The average Bonchev–Trinajstić information content (AvgIpc) is 3.53. The van der Waals surface area contributed by atoms with E-state index in [1.807, 2.05) is 54.6 Å². The zero-order valence-corrected chi connectivity index (χ0v) is 19.2. The van der Waals surface area contributed by atoms with Gasteiger partial charge < -0.3 is 0 Å². The van der Waals surface area contributed by atoms with Crippen molar-refractivity contribution in [3.63, 3.8) is 0 Å². The molecule has 4 heterocycles. The minimum atomic E-state index is -0.283. The molecule has 0 saturated carbocycles. The van der Waals surface area contributed by atoms with Crippen LogP contribution in [-0.2, 0) is 5.75 Å². The van der Waals surface area contributed by atoms with E-state index in [2.05, 4.69) is 42.9 Å². The monoisotopic (exact) mass is 484 g/mol. The summed E-state index contributed by atoms with van der Waals surface area (Å²) in [6, 6.07) is 19.2. The lowest BCUT2D eigenvalue weighted by atomic mass is 10.1. The first-order valence-electron chi connectivity index (χ1n) is 10.3. The first kappa shape index (κ1) is 20.6. The zero-order chi connectivity index (χ0) is 23.1. The lowest BCUT2D eigenvalue weighted by molar-refractivity contribution is 0.895. The smallest absolute Gasteiger partial charge is 0.268 e. The van der Waals surface area contributed by atoms with Crippen LogP contribution in [0, 0.1) is 0 Å². The molecule has 34 heavy (non-hydrogen) atoms. The SMILES string of the molecule is O=c1c2c(-c3ccccc3)n3ncnc3nc2ccn1-c1nc(SCc2ccccc2S)n[nH]1. The van der Waals surface area contributed by atoms with E-state index in [4.69, 9.17) is 0 Å². The molecule has 9 nitrogen and oxygen atoms in total. The Labute approximate surface area is 202 Å². The van der Waals surface area contributed by atoms with Gasteiger partial charge in [-0.15, -0.1) is 17.7 Å². The summed E-state index contributed by atoms with van der Waals surface area (Å²) in [5, 5.41) is 12.4. The third kappa shape index (κ3) is 3.55. The normalized spacial score (nSPS) is 11.4. The Kier molecular flexibility index (Phi) is 5.12. The molecule has 4 aromatic heterocycles. The summed E-state index contributed by atoms with van der Waals surface area (Å²) < 4.78 is 3.02. The van der Waals surface area contributed by atoms with Crippen molar-refractivity contribution in [2.45, 2.75) is 15.8 Å². The maximum Gasteiger partial charge on any atom is 0.269 e. The number of benzene rings is 2. The number of rotatable bonds is 5. The molecule has 0 spiro atoms. The molecule has 0 amide bonds. The summed E-state index contributed by atoms with van der Waals surface area (Å²) in [5.41, 5.74) is 2.78. The molecule has 0 aliphatic rings. The second-order valence-electron chi connectivity index (χ2n) is 7.41. The summed E-state index contributed by atoms with van der Waals surface area (Å²) in [6.07, 6.45) is 3.06. The molecule has 1 N–H and O–H groups in total. The van der Waals surface area contributed by atoms with Crippen molar-refractivity contribution in [1.29, 1.82) is 0 Å². The van der Waals surface area contributed by atoms with Crippen molar-refractivity contribution in [3.8, 4) is 17.2 Å². The Morgan fingerprint density at radius 2 is 1.82 bits per heavy atom. The number of aromatic nitrogens is 8. The highest BCUT2D eigenvalue weighted by atomic mass is 32.2. The average molecular weight is 485 g/mol. The topological polar surface area (TPSA) is 107 Å². The van der Waals surface area contributed by atoms with Gasteiger partial charge in [-0.3, -0.25) is 9.36 Å². The summed E-state index contributed by atoms with van der Waals surface area (Å²) in [4.78, 5) is 27.8. The standard InChI is InChI=1S/C23H16N8OS2/c32-20-18-16(26-21-24-13-25-31(21)19(18)14-6-2-1-3-7-14)10-11-30(20)22-27-23(29-28-22)34-12-15-8-4-5-9-17(15)33/h1-11,13,33H,12H2,(H,27,28,29). The van der Waals surface area contributed by atoms with Crippen molar-refractivity contribution < 1.29 is 0 Å². The number of fused-ring (bicyclic) bond motifs is 2.